The highest BCUT2D eigenvalue weighted by Crippen LogP contribution is 2.29. The summed E-state index contributed by atoms with van der Waals surface area (Å²) in [5.74, 6) is 0.613. The minimum atomic E-state index is -0.589. The predicted molar refractivity (Wildman–Crippen MR) is 88.7 cm³/mol. The number of benzene rings is 2. The highest BCUT2D eigenvalue weighted by molar-refractivity contribution is 5.70. The van der Waals surface area contributed by atoms with Gasteiger partial charge < -0.3 is 20.7 Å². The Bertz CT molecular complexity index is 857. The van der Waals surface area contributed by atoms with E-state index < -0.39 is 5.82 Å². The van der Waals surface area contributed by atoms with E-state index in [4.69, 9.17) is 4.74 Å². The first-order valence-corrected chi connectivity index (χ1v) is 7.18. The lowest BCUT2D eigenvalue weighted by atomic mass is 10.1. The fourth-order valence-corrected chi connectivity index (χ4v) is 2.28. The first-order valence-electron chi connectivity index (χ1n) is 7.18. The van der Waals surface area contributed by atoms with Gasteiger partial charge in [-0.15, -0.1) is 0 Å². The Kier molecular flexibility index (Phi) is 4.64. The van der Waals surface area contributed by atoms with E-state index in [0.717, 1.165) is 5.56 Å². The van der Waals surface area contributed by atoms with Crippen LogP contribution in [-0.2, 0) is 0 Å². The molecule has 6 nitrogen and oxygen atoms in total. The molecule has 0 bridgehead atoms. The number of nitrogens with one attached hydrogen (secondary N) is 1. The summed E-state index contributed by atoms with van der Waals surface area (Å²) in [6.45, 7) is 0. The van der Waals surface area contributed by atoms with E-state index in [1.54, 1.807) is 19.2 Å². The summed E-state index contributed by atoms with van der Waals surface area (Å²) in [7, 11) is 1.59. The van der Waals surface area contributed by atoms with Crippen molar-refractivity contribution in [1.29, 1.82) is 0 Å². The summed E-state index contributed by atoms with van der Waals surface area (Å²) in [6, 6.07) is 13.5. The Labute approximate surface area is 137 Å². The molecule has 0 unspecified atom stereocenters. The van der Waals surface area contributed by atoms with E-state index in [-0.39, 0.29) is 5.69 Å². The van der Waals surface area contributed by atoms with E-state index in [1.165, 1.54) is 18.5 Å². The van der Waals surface area contributed by atoms with Crippen molar-refractivity contribution in [2.45, 2.75) is 0 Å². The summed E-state index contributed by atoms with van der Waals surface area (Å²) in [5, 5.41) is 13.7. The molecule has 0 saturated carbocycles. The van der Waals surface area contributed by atoms with Crippen molar-refractivity contribution in [3.8, 4) is 17.0 Å². The van der Waals surface area contributed by atoms with Crippen LogP contribution in [0, 0.1) is 11.0 Å². The zero-order valence-electron chi connectivity index (χ0n) is 12.9. The molecule has 122 valence electrons. The topological polar surface area (TPSA) is 86.7 Å². The minimum Gasteiger partial charge on any atom is -0.630 e. The molecule has 3 rings (SSSR count). The largest absolute Gasteiger partial charge is 0.630 e. The average molecular weight is 326 g/mol. The van der Waals surface area contributed by atoms with E-state index >= 15 is 0 Å². The van der Waals surface area contributed by atoms with Crippen LogP contribution in [0.1, 0.15) is 0 Å². The van der Waals surface area contributed by atoms with Crippen molar-refractivity contribution in [1.82, 2.24) is 9.97 Å². The zero-order valence-corrected chi connectivity index (χ0v) is 12.9. The molecule has 2 aromatic carbocycles. The summed E-state index contributed by atoms with van der Waals surface area (Å²) in [4.78, 5) is 8.39. The molecule has 0 aliphatic heterocycles. The Hall–Kier alpha value is -3.03. The Balaban J connectivity index is 1.89. The van der Waals surface area contributed by atoms with Gasteiger partial charge >= 0.3 is 0 Å². The highest BCUT2D eigenvalue weighted by Gasteiger charge is 2.09. The third kappa shape index (κ3) is 3.32. The Morgan fingerprint density at radius 2 is 1.96 bits per heavy atom. The predicted octanol–water partition coefficient (Wildman–Crippen LogP) is 2.73. The molecule has 0 amide bonds. The average Bonchev–Trinajstić information content (AvgIpc) is 2.62. The molecule has 0 radical (unpaired) electrons. The maximum Gasteiger partial charge on any atom is 0.186 e. The van der Waals surface area contributed by atoms with Crippen LogP contribution in [0.5, 0.6) is 5.75 Å². The molecular formula is C17H15FN4O2. The van der Waals surface area contributed by atoms with Crippen molar-refractivity contribution in [2.75, 3.05) is 12.4 Å². The third-order valence-electron chi connectivity index (χ3n) is 3.45. The lowest BCUT2D eigenvalue weighted by molar-refractivity contribution is -0.499. The fraction of sp³-hybridized carbons (Fsp3) is 0.0588. The van der Waals surface area contributed by atoms with E-state index in [1.807, 2.05) is 24.3 Å². The number of para-hydroxylation sites is 1. The fourth-order valence-electron chi connectivity index (χ4n) is 2.28. The quantitative estimate of drug-likeness (QED) is 0.556. The number of ether oxygens (including phenoxy) is 1. The van der Waals surface area contributed by atoms with Crippen molar-refractivity contribution in [2.24, 2.45) is 0 Å². The lowest BCUT2D eigenvalue weighted by Gasteiger charge is -2.10. The maximum absolute atomic E-state index is 13.7. The van der Waals surface area contributed by atoms with Crippen molar-refractivity contribution in [3.05, 3.63) is 65.9 Å². The number of methoxy groups -OCH3 is 1. The van der Waals surface area contributed by atoms with Crippen molar-refractivity contribution >= 4 is 17.2 Å². The molecule has 7 heteroatoms. The second-order valence-electron chi connectivity index (χ2n) is 4.97. The molecule has 3 aromatic rings. The van der Waals surface area contributed by atoms with Crippen LogP contribution in [0.15, 0.2) is 54.9 Å². The normalized spacial score (nSPS) is 10.5. The number of nitrogens with zero attached hydrogens (tertiary/aromatic N) is 2. The van der Waals surface area contributed by atoms with Crippen LogP contribution >= 0.6 is 0 Å². The Morgan fingerprint density at radius 3 is 2.71 bits per heavy atom. The van der Waals surface area contributed by atoms with Crippen molar-refractivity contribution < 1.29 is 14.6 Å². The first kappa shape index (κ1) is 15.9. The summed E-state index contributed by atoms with van der Waals surface area (Å²) < 4.78 is 19.0. The van der Waals surface area contributed by atoms with E-state index in [0.29, 0.717) is 28.4 Å². The van der Waals surface area contributed by atoms with Gasteiger partial charge in [-0.25, -0.2) is 14.4 Å². The number of halogens is 1. The summed E-state index contributed by atoms with van der Waals surface area (Å²) >= 11 is 0. The molecule has 0 saturated heterocycles. The van der Waals surface area contributed by atoms with Gasteiger partial charge in [0.25, 0.3) is 0 Å². The van der Waals surface area contributed by atoms with Gasteiger partial charge in [0.15, 0.2) is 11.5 Å². The number of hydrogen-bond acceptors (Lipinski definition) is 5. The number of nitrogens with two attached hydrogens (primary N) is 1. The highest BCUT2D eigenvalue weighted by atomic mass is 19.1. The molecule has 3 N–H and O–H groups in total. The number of anilines is 2. The third-order valence-corrected chi connectivity index (χ3v) is 3.45. The molecule has 1 aromatic heterocycles. The van der Waals surface area contributed by atoms with Gasteiger partial charge in [0.2, 0.25) is 0 Å². The smallest absolute Gasteiger partial charge is 0.186 e. The molecule has 0 fully saturated rings. The molecule has 0 aliphatic carbocycles. The first-order chi connectivity index (χ1) is 11.7. The zero-order chi connectivity index (χ0) is 16.9. The number of aromatic nitrogens is 2. The second kappa shape index (κ2) is 7.03. The number of rotatable bonds is 5. The molecule has 0 atom stereocenters. The van der Waals surface area contributed by atoms with Crippen LogP contribution in [0.2, 0.25) is 0 Å². The van der Waals surface area contributed by atoms with E-state index in [2.05, 4.69) is 15.3 Å². The number of hydrogen-bond donors (Lipinski definition) is 2. The summed E-state index contributed by atoms with van der Waals surface area (Å²) in [6.07, 6.45) is 1.42. The second-order valence-corrected chi connectivity index (χ2v) is 4.97. The van der Waals surface area contributed by atoms with Crippen LogP contribution < -0.4 is 15.5 Å². The van der Waals surface area contributed by atoms with E-state index in [9.17, 15) is 9.60 Å². The maximum atomic E-state index is 13.7. The van der Waals surface area contributed by atoms with Gasteiger partial charge in [-0.05, 0) is 18.2 Å². The van der Waals surface area contributed by atoms with Gasteiger partial charge in [0.1, 0.15) is 17.9 Å². The molecular weight excluding hydrogens is 311 g/mol. The SMILES string of the molecule is COc1ccccc1-c1cc(Nc2ccc([NH2+][O-])c(F)c2)ncn1. The molecule has 1 heterocycles. The summed E-state index contributed by atoms with van der Waals surface area (Å²) in [5.41, 5.74) is 2.48. The molecule has 24 heavy (non-hydrogen) atoms. The van der Waals surface area contributed by atoms with Crippen LogP contribution in [-0.4, -0.2) is 17.1 Å². The van der Waals surface area contributed by atoms with Crippen LogP contribution in [0.4, 0.5) is 21.6 Å². The van der Waals surface area contributed by atoms with Gasteiger partial charge in [-0.1, -0.05) is 12.1 Å². The van der Waals surface area contributed by atoms with Crippen molar-refractivity contribution in [3.63, 3.8) is 0 Å². The van der Waals surface area contributed by atoms with Gasteiger partial charge in [-0.2, -0.15) is 0 Å². The standard InChI is InChI=1S/C17H15FN4O2/c1-24-16-5-3-2-4-12(16)15-9-17(20-10-19-15)21-11-6-7-14(22-23)13(18)8-11/h2-10H,22H2,1H3,(H,19,20,21). The Morgan fingerprint density at radius 1 is 1.12 bits per heavy atom. The van der Waals surface area contributed by atoms with Gasteiger partial charge in [0.05, 0.1) is 12.8 Å². The lowest BCUT2D eigenvalue weighted by Crippen LogP contribution is -2.70. The molecule has 0 aliphatic rings. The van der Waals surface area contributed by atoms with Gasteiger partial charge in [0, 0.05) is 29.4 Å². The minimum absolute atomic E-state index is 0.0120. The van der Waals surface area contributed by atoms with Crippen LogP contribution in [0.25, 0.3) is 11.3 Å². The monoisotopic (exact) mass is 326 g/mol. The van der Waals surface area contributed by atoms with Crippen LogP contribution in [0.3, 0.4) is 0 Å². The number of quaternary nitrogens is 1. The van der Waals surface area contributed by atoms with Gasteiger partial charge in [-0.3, -0.25) is 0 Å². The molecule has 0 spiro atoms.